The number of ether oxygens (including phenoxy) is 3. The Morgan fingerprint density at radius 3 is 2.59 bits per heavy atom. The van der Waals surface area contributed by atoms with E-state index in [2.05, 4.69) is 9.98 Å². The van der Waals surface area contributed by atoms with Gasteiger partial charge in [-0.1, -0.05) is 23.5 Å². The highest BCUT2D eigenvalue weighted by Crippen LogP contribution is 2.36. The van der Waals surface area contributed by atoms with Gasteiger partial charge in [0.2, 0.25) is 0 Å². The average Bonchev–Trinajstić information content (AvgIpc) is 3.14. The van der Waals surface area contributed by atoms with Crippen molar-refractivity contribution in [1.29, 1.82) is 0 Å². The van der Waals surface area contributed by atoms with Crippen molar-refractivity contribution in [2.24, 2.45) is 4.99 Å². The normalized spacial score (nSPS) is 15.5. The van der Waals surface area contributed by atoms with Crippen LogP contribution in [0.4, 0.5) is 0 Å². The molecule has 0 unspecified atom stereocenters. The third-order valence-electron chi connectivity index (χ3n) is 5.28. The minimum absolute atomic E-state index is 0.264. The van der Waals surface area contributed by atoms with Crippen LogP contribution in [0.3, 0.4) is 0 Å². The molecule has 0 bridgehead atoms. The molecule has 1 aromatic carbocycles. The topological polar surface area (TPSA) is 92.0 Å². The maximum absolute atomic E-state index is 13.6. The summed E-state index contributed by atoms with van der Waals surface area (Å²) in [6.45, 7) is 6.44. The monoisotopic (exact) mass is 479 g/mol. The van der Waals surface area contributed by atoms with Crippen LogP contribution < -0.4 is 24.4 Å². The molecule has 176 valence electrons. The van der Waals surface area contributed by atoms with E-state index in [0.717, 1.165) is 0 Å². The van der Waals surface area contributed by atoms with Crippen LogP contribution in [0, 0.1) is 0 Å². The van der Waals surface area contributed by atoms with Gasteiger partial charge in [0.15, 0.2) is 16.3 Å². The number of nitrogens with zero attached hydrogens (tertiary/aromatic N) is 3. The fourth-order valence-electron chi connectivity index (χ4n) is 3.84. The SMILES string of the molecule is CCOc1ccc([C@@H]2C(C(=O)OC)=C(C)N=c3s/c(=C\c4ccccn4)c(=O)n32)cc1OCC. The van der Waals surface area contributed by atoms with Gasteiger partial charge in [-0.25, -0.2) is 9.79 Å². The molecule has 0 saturated carbocycles. The van der Waals surface area contributed by atoms with Crippen molar-refractivity contribution in [3.63, 3.8) is 0 Å². The maximum atomic E-state index is 13.6. The number of benzene rings is 1. The lowest BCUT2D eigenvalue weighted by atomic mass is 9.95. The molecule has 1 aliphatic heterocycles. The Morgan fingerprint density at radius 1 is 1.15 bits per heavy atom. The van der Waals surface area contributed by atoms with Gasteiger partial charge in [0.25, 0.3) is 5.56 Å². The van der Waals surface area contributed by atoms with E-state index in [1.807, 2.05) is 38.1 Å². The van der Waals surface area contributed by atoms with E-state index in [4.69, 9.17) is 14.2 Å². The van der Waals surface area contributed by atoms with E-state index < -0.39 is 12.0 Å². The van der Waals surface area contributed by atoms with Gasteiger partial charge in [-0.15, -0.1) is 0 Å². The Bertz CT molecular complexity index is 1420. The van der Waals surface area contributed by atoms with Gasteiger partial charge in [0.1, 0.15) is 0 Å². The molecule has 3 heterocycles. The fourth-order valence-corrected chi connectivity index (χ4v) is 4.87. The predicted octanol–water partition coefficient (Wildman–Crippen LogP) is 2.60. The number of methoxy groups -OCH3 is 1. The standard InChI is InChI=1S/C25H25N3O5S/c1-5-32-18-11-10-16(13-19(18)33-6-2)22-21(24(30)31-4)15(3)27-25-28(22)23(29)20(34-25)14-17-9-7-8-12-26-17/h7-14,22H,5-6H2,1-4H3/b20-14-/t22-/m1/s1. The molecular weight excluding hydrogens is 454 g/mol. The van der Waals surface area contributed by atoms with E-state index in [-0.39, 0.29) is 5.56 Å². The molecule has 0 spiro atoms. The number of thiazole rings is 1. The number of allylic oxidation sites excluding steroid dienone is 1. The Kier molecular flexibility index (Phi) is 6.93. The summed E-state index contributed by atoms with van der Waals surface area (Å²) in [5.41, 5.74) is 1.88. The third-order valence-corrected chi connectivity index (χ3v) is 6.26. The van der Waals surface area contributed by atoms with Crippen molar-refractivity contribution in [2.75, 3.05) is 20.3 Å². The van der Waals surface area contributed by atoms with Crippen LogP contribution in [0.1, 0.15) is 38.1 Å². The van der Waals surface area contributed by atoms with Gasteiger partial charge in [0.05, 0.1) is 47.9 Å². The summed E-state index contributed by atoms with van der Waals surface area (Å²) in [6.07, 6.45) is 3.39. The molecular formula is C25H25N3O5S. The number of aromatic nitrogens is 2. The molecule has 3 aromatic rings. The fraction of sp³-hybridized carbons (Fsp3) is 0.280. The quantitative estimate of drug-likeness (QED) is 0.484. The molecule has 0 fully saturated rings. The lowest BCUT2D eigenvalue weighted by molar-refractivity contribution is -0.136. The zero-order valence-corrected chi connectivity index (χ0v) is 20.2. The molecule has 9 heteroatoms. The highest BCUT2D eigenvalue weighted by molar-refractivity contribution is 7.07. The van der Waals surface area contributed by atoms with E-state index in [1.54, 1.807) is 31.3 Å². The molecule has 0 amide bonds. The number of hydrogen-bond acceptors (Lipinski definition) is 8. The molecule has 0 saturated heterocycles. The van der Waals surface area contributed by atoms with Crippen molar-refractivity contribution in [1.82, 2.24) is 9.55 Å². The van der Waals surface area contributed by atoms with Crippen molar-refractivity contribution in [3.8, 4) is 11.5 Å². The first-order valence-electron chi connectivity index (χ1n) is 10.9. The Labute approximate surface area is 200 Å². The van der Waals surface area contributed by atoms with Crippen molar-refractivity contribution >= 4 is 23.4 Å². The first-order chi connectivity index (χ1) is 16.5. The lowest BCUT2D eigenvalue weighted by Crippen LogP contribution is -2.39. The number of hydrogen-bond donors (Lipinski definition) is 0. The van der Waals surface area contributed by atoms with Gasteiger partial charge in [0, 0.05) is 6.20 Å². The summed E-state index contributed by atoms with van der Waals surface area (Å²) >= 11 is 1.25. The molecule has 8 nitrogen and oxygen atoms in total. The molecule has 1 atom stereocenters. The smallest absolute Gasteiger partial charge is 0.338 e. The second-order valence-corrected chi connectivity index (χ2v) is 8.41. The number of fused-ring (bicyclic) bond motifs is 1. The Hall–Kier alpha value is -3.72. The second kappa shape index (κ2) is 10.0. The van der Waals surface area contributed by atoms with Crippen molar-refractivity contribution < 1.29 is 19.0 Å². The zero-order chi connectivity index (χ0) is 24.2. The molecule has 34 heavy (non-hydrogen) atoms. The number of rotatable bonds is 7. The molecule has 0 aliphatic carbocycles. The number of carbonyl (C=O) groups excluding carboxylic acids is 1. The molecule has 0 N–H and O–H groups in total. The van der Waals surface area contributed by atoms with Gasteiger partial charge < -0.3 is 14.2 Å². The summed E-state index contributed by atoms with van der Waals surface area (Å²) in [4.78, 5) is 35.7. The van der Waals surface area contributed by atoms with Gasteiger partial charge in [-0.05, 0) is 56.7 Å². The highest BCUT2D eigenvalue weighted by Gasteiger charge is 2.33. The second-order valence-electron chi connectivity index (χ2n) is 7.40. The number of pyridine rings is 1. The van der Waals surface area contributed by atoms with Crippen molar-refractivity contribution in [3.05, 3.63) is 84.8 Å². The maximum Gasteiger partial charge on any atom is 0.338 e. The Balaban J connectivity index is 1.96. The minimum Gasteiger partial charge on any atom is -0.490 e. The largest absolute Gasteiger partial charge is 0.490 e. The first-order valence-corrected chi connectivity index (χ1v) is 11.7. The lowest BCUT2D eigenvalue weighted by Gasteiger charge is -2.25. The number of carbonyl (C=O) groups is 1. The van der Waals surface area contributed by atoms with Gasteiger partial charge in [-0.2, -0.15) is 0 Å². The van der Waals surface area contributed by atoms with Crippen LogP contribution in [0.2, 0.25) is 0 Å². The van der Waals surface area contributed by atoms with Crippen LogP contribution in [0.5, 0.6) is 11.5 Å². The molecule has 4 rings (SSSR count). The van der Waals surface area contributed by atoms with E-state index in [0.29, 0.717) is 56.6 Å². The van der Waals surface area contributed by atoms with Crippen LogP contribution in [-0.2, 0) is 9.53 Å². The summed E-state index contributed by atoms with van der Waals surface area (Å²) in [7, 11) is 1.32. The van der Waals surface area contributed by atoms with Gasteiger partial charge >= 0.3 is 5.97 Å². The Morgan fingerprint density at radius 2 is 1.91 bits per heavy atom. The molecule has 1 aliphatic rings. The zero-order valence-electron chi connectivity index (χ0n) is 19.4. The average molecular weight is 480 g/mol. The van der Waals surface area contributed by atoms with Crippen LogP contribution >= 0.6 is 11.3 Å². The van der Waals surface area contributed by atoms with Crippen molar-refractivity contribution in [2.45, 2.75) is 26.8 Å². The summed E-state index contributed by atoms with van der Waals surface area (Å²) in [5.74, 6) is 0.587. The summed E-state index contributed by atoms with van der Waals surface area (Å²) in [5, 5.41) is 0. The third kappa shape index (κ3) is 4.38. The molecule has 2 aromatic heterocycles. The van der Waals surface area contributed by atoms with Crippen LogP contribution in [-0.4, -0.2) is 35.8 Å². The van der Waals surface area contributed by atoms with Crippen LogP contribution in [0.25, 0.3) is 6.08 Å². The van der Waals surface area contributed by atoms with E-state index in [9.17, 15) is 9.59 Å². The number of esters is 1. The molecule has 0 radical (unpaired) electrons. The minimum atomic E-state index is -0.732. The van der Waals surface area contributed by atoms with Gasteiger partial charge in [-0.3, -0.25) is 14.3 Å². The van der Waals surface area contributed by atoms with E-state index in [1.165, 1.54) is 23.0 Å². The first kappa shape index (κ1) is 23.4. The van der Waals surface area contributed by atoms with Crippen LogP contribution in [0.15, 0.2) is 63.7 Å². The summed E-state index contributed by atoms with van der Waals surface area (Å²) in [6, 6.07) is 10.2. The summed E-state index contributed by atoms with van der Waals surface area (Å²) < 4.78 is 18.5. The highest BCUT2D eigenvalue weighted by atomic mass is 32.1. The predicted molar refractivity (Wildman–Crippen MR) is 129 cm³/mol. The van der Waals surface area contributed by atoms with E-state index >= 15 is 0 Å².